The lowest BCUT2D eigenvalue weighted by Crippen LogP contribution is -2.23. The third-order valence-electron chi connectivity index (χ3n) is 1.64. The molecule has 0 fully saturated rings. The molecule has 0 aliphatic carbocycles. The average Bonchev–Trinajstić information content (AvgIpc) is 2.16. The molecule has 13 heavy (non-hydrogen) atoms. The van der Waals surface area contributed by atoms with E-state index in [4.69, 9.17) is 15.7 Å². The summed E-state index contributed by atoms with van der Waals surface area (Å²) in [5, 5.41) is 14.3. The molecule has 0 heterocycles. The number of hydrogen-bond donors (Lipinski definition) is 3. The standard InChI is InChI=1S/C8H19N3O2/c1-13-7-3-2-5-10-6-4-8(9)11-12/h10,12H,2-7H2,1H3,(H2,9,11). The summed E-state index contributed by atoms with van der Waals surface area (Å²) in [6.45, 7) is 2.51. The van der Waals surface area contributed by atoms with Crippen LogP contribution in [-0.2, 0) is 4.74 Å². The van der Waals surface area contributed by atoms with E-state index in [1.165, 1.54) is 0 Å². The quantitative estimate of drug-likeness (QED) is 0.167. The van der Waals surface area contributed by atoms with Gasteiger partial charge in [-0.25, -0.2) is 0 Å². The van der Waals surface area contributed by atoms with E-state index in [0.717, 1.165) is 32.5 Å². The first kappa shape index (κ1) is 12.2. The summed E-state index contributed by atoms with van der Waals surface area (Å²) in [5.74, 6) is 0.268. The van der Waals surface area contributed by atoms with Gasteiger partial charge in [-0.1, -0.05) is 5.16 Å². The Kier molecular flexibility index (Phi) is 8.70. The van der Waals surface area contributed by atoms with Crippen LogP contribution < -0.4 is 11.1 Å². The summed E-state index contributed by atoms with van der Waals surface area (Å²) in [6, 6.07) is 0. The van der Waals surface area contributed by atoms with E-state index >= 15 is 0 Å². The van der Waals surface area contributed by atoms with Gasteiger partial charge >= 0.3 is 0 Å². The van der Waals surface area contributed by atoms with Crippen molar-refractivity contribution in [2.45, 2.75) is 19.3 Å². The highest BCUT2D eigenvalue weighted by Gasteiger charge is 1.92. The Morgan fingerprint density at radius 3 is 2.85 bits per heavy atom. The van der Waals surface area contributed by atoms with Gasteiger partial charge in [-0.3, -0.25) is 0 Å². The molecule has 0 rings (SSSR count). The van der Waals surface area contributed by atoms with E-state index in [9.17, 15) is 0 Å². The van der Waals surface area contributed by atoms with Crippen molar-refractivity contribution in [1.29, 1.82) is 0 Å². The largest absolute Gasteiger partial charge is 0.409 e. The van der Waals surface area contributed by atoms with Crippen LogP contribution in [0.15, 0.2) is 5.16 Å². The Balaban J connectivity index is 3.00. The first-order chi connectivity index (χ1) is 6.31. The molecule has 0 spiro atoms. The number of oxime groups is 1. The first-order valence-electron chi connectivity index (χ1n) is 4.47. The molecule has 0 aromatic rings. The van der Waals surface area contributed by atoms with Gasteiger partial charge in [-0.05, 0) is 19.4 Å². The average molecular weight is 189 g/mol. The number of amidine groups is 1. The number of nitrogens with zero attached hydrogens (tertiary/aromatic N) is 1. The van der Waals surface area contributed by atoms with Crippen LogP contribution in [0.4, 0.5) is 0 Å². The minimum absolute atomic E-state index is 0.268. The van der Waals surface area contributed by atoms with Crippen LogP contribution >= 0.6 is 0 Å². The van der Waals surface area contributed by atoms with Gasteiger partial charge < -0.3 is 21.0 Å². The molecule has 0 radical (unpaired) electrons. The Morgan fingerprint density at radius 1 is 1.46 bits per heavy atom. The number of rotatable bonds is 8. The van der Waals surface area contributed by atoms with Crippen LogP contribution in [0.3, 0.4) is 0 Å². The molecule has 0 atom stereocenters. The normalized spacial score (nSPS) is 11.9. The highest BCUT2D eigenvalue weighted by atomic mass is 16.5. The maximum Gasteiger partial charge on any atom is 0.140 e. The third-order valence-corrected chi connectivity index (χ3v) is 1.64. The van der Waals surface area contributed by atoms with Crippen molar-refractivity contribution < 1.29 is 9.94 Å². The zero-order valence-electron chi connectivity index (χ0n) is 8.12. The second-order valence-corrected chi connectivity index (χ2v) is 2.79. The Morgan fingerprint density at radius 2 is 2.23 bits per heavy atom. The van der Waals surface area contributed by atoms with Crippen molar-refractivity contribution in [3.63, 3.8) is 0 Å². The van der Waals surface area contributed by atoms with Crippen molar-refractivity contribution in [3.05, 3.63) is 0 Å². The molecule has 4 N–H and O–H groups in total. The third kappa shape index (κ3) is 9.10. The maximum absolute atomic E-state index is 8.23. The molecule has 78 valence electrons. The second-order valence-electron chi connectivity index (χ2n) is 2.79. The lowest BCUT2D eigenvalue weighted by Gasteiger charge is -2.03. The maximum atomic E-state index is 8.23. The summed E-state index contributed by atoms with van der Waals surface area (Å²) in [6.07, 6.45) is 2.73. The van der Waals surface area contributed by atoms with Crippen molar-refractivity contribution in [1.82, 2.24) is 5.32 Å². The van der Waals surface area contributed by atoms with Crippen LogP contribution in [-0.4, -0.2) is 37.8 Å². The lowest BCUT2D eigenvalue weighted by atomic mass is 10.3. The van der Waals surface area contributed by atoms with E-state index in [0.29, 0.717) is 6.42 Å². The number of hydrogen-bond acceptors (Lipinski definition) is 4. The Hall–Kier alpha value is -0.810. The van der Waals surface area contributed by atoms with Crippen molar-refractivity contribution in [3.8, 4) is 0 Å². The zero-order chi connectivity index (χ0) is 9.94. The van der Waals surface area contributed by atoms with Gasteiger partial charge in [0, 0.05) is 26.7 Å². The van der Waals surface area contributed by atoms with E-state index < -0.39 is 0 Å². The number of nitrogens with two attached hydrogens (primary N) is 1. The van der Waals surface area contributed by atoms with Crippen LogP contribution in [0.25, 0.3) is 0 Å². The molecule has 0 bridgehead atoms. The molecule has 5 heteroatoms. The topological polar surface area (TPSA) is 79.9 Å². The van der Waals surface area contributed by atoms with Gasteiger partial charge in [-0.2, -0.15) is 0 Å². The predicted octanol–water partition coefficient (Wildman–Crippen LogP) is 0.139. The van der Waals surface area contributed by atoms with Crippen molar-refractivity contribution in [2.75, 3.05) is 26.8 Å². The van der Waals surface area contributed by atoms with Crippen LogP contribution in [0.1, 0.15) is 19.3 Å². The van der Waals surface area contributed by atoms with E-state index in [1.807, 2.05) is 0 Å². The fourth-order valence-corrected chi connectivity index (χ4v) is 0.888. The van der Waals surface area contributed by atoms with Crippen LogP contribution in [0.2, 0.25) is 0 Å². The van der Waals surface area contributed by atoms with E-state index in [2.05, 4.69) is 10.5 Å². The van der Waals surface area contributed by atoms with Gasteiger partial charge in [0.15, 0.2) is 0 Å². The minimum atomic E-state index is 0.268. The van der Waals surface area contributed by atoms with Crippen molar-refractivity contribution >= 4 is 5.84 Å². The molecule has 0 aromatic heterocycles. The van der Waals surface area contributed by atoms with Crippen molar-refractivity contribution in [2.24, 2.45) is 10.9 Å². The van der Waals surface area contributed by atoms with E-state index in [-0.39, 0.29) is 5.84 Å². The van der Waals surface area contributed by atoms with Gasteiger partial charge in [-0.15, -0.1) is 0 Å². The molecule has 0 saturated carbocycles. The molecule has 0 aliphatic heterocycles. The van der Waals surface area contributed by atoms with Gasteiger partial charge in [0.2, 0.25) is 0 Å². The molecular weight excluding hydrogens is 170 g/mol. The zero-order valence-corrected chi connectivity index (χ0v) is 8.12. The first-order valence-corrected chi connectivity index (χ1v) is 4.47. The number of nitrogens with one attached hydrogen (secondary N) is 1. The number of ether oxygens (including phenoxy) is 1. The lowest BCUT2D eigenvalue weighted by molar-refractivity contribution is 0.192. The molecule has 5 nitrogen and oxygen atoms in total. The summed E-state index contributed by atoms with van der Waals surface area (Å²) >= 11 is 0. The highest BCUT2D eigenvalue weighted by molar-refractivity contribution is 5.79. The number of methoxy groups -OCH3 is 1. The summed E-state index contributed by atoms with van der Waals surface area (Å²) in [4.78, 5) is 0. The summed E-state index contributed by atoms with van der Waals surface area (Å²) < 4.78 is 4.90. The molecule has 0 aliphatic rings. The molecule has 0 aromatic carbocycles. The van der Waals surface area contributed by atoms with Gasteiger partial charge in [0.25, 0.3) is 0 Å². The summed E-state index contributed by atoms with van der Waals surface area (Å²) in [7, 11) is 1.70. The van der Waals surface area contributed by atoms with Gasteiger partial charge in [0.05, 0.1) is 0 Å². The van der Waals surface area contributed by atoms with E-state index in [1.54, 1.807) is 7.11 Å². The molecule has 0 amide bonds. The molecule has 0 unspecified atom stereocenters. The number of unbranched alkanes of at least 4 members (excludes halogenated alkanes) is 1. The minimum Gasteiger partial charge on any atom is -0.409 e. The smallest absolute Gasteiger partial charge is 0.140 e. The van der Waals surface area contributed by atoms with Gasteiger partial charge in [0.1, 0.15) is 5.84 Å². The SMILES string of the molecule is COCCCCNCCC(N)=NO. The molecule has 0 saturated heterocycles. The monoisotopic (exact) mass is 189 g/mol. The predicted molar refractivity (Wildman–Crippen MR) is 52.0 cm³/mol. The molecular formula is C8H19N3O2. The highest BCUT2D eigenvalue weighted by Crippen LogP contribution is 1.86. The Bertz CT molecular complexity index is 139. The van der Waals surface area contributed by atoms with Crippen LogP contribution in [0.5, 0.6) is 0 Å². The fourth-order valence-electron chi connectivity index (χ4n) is 0.888. The fraction of sp³-hybridized carbons (Fsp3) is 0.875. The second kappa shape index (κ2) is 9.28. The summed E-state index contributed by atoms with van der Waals surface area (Å²) in [5.41, 5.74) is 5.28. The Labute approximate surface area is 78.9 Å². The van der Waals surface area contributed by atoms with Crippen LogP contribution in [0, 0.1) is 0 Å².